The molecule has 0 aromatic heterocycles. The van der Waals surface area contributed by atoms with Gasteiger partial charge >= 0.3 is 0 Å². The summed E-state index contributed by atoms with van der Waals surface area (Å²) in [4.78, 5) is 33.0. The molecule has 0 saturated carbocycles. The van der Waals surface area contributed by atoms with Gasteiger partial charge in [-0.25, -0.2) is 0 Å². The Morgan fingerprint density at radius 3 is 2.54 bits per heavy atom. The zero-order valence-corrected chi connectivity index (χ0v) is 24.0. The average molecular weight is 533 g/mol. The quantitative estimate of drug-likeness (QED) is 0.604. The van der Waals surface area contributed by atoms with Crippen molar-refractivity contribution in [1.29, 1.82) is 0 Å². The third-order valence-corrected chi connectivity index (χ3v) is 8.47. The van der Waals surface area contributed by atoms with Gasteiger partial charge in [0.2, 0.25) is 5.91 Å². The van der Waals surface area contributed by atoms with Gasteiger partial charge in [-0.2, -0.15) is 0 Å². The van der Waals surface area contributed by atoms with Crippen LogP contribution in [0.1, 0.15) is 63.1 Å². The Morgan fingerprint density at radius 1 is 0.974 bits per heavy atom. The van der Waals surface area contributed by atoms with Crippen LogP contribution >= 0.6 is 0 Å². The number of nitrogens with one attached hydrogen (secondary N) is 1. The molecule has 2 fully saturated rings. The molecule has 7 nitrogen and oxygen atoms in total. The van der Waals surface area contributed by atoms with E-state index in [0.717, 1.165) is 51.1 Å². The van der Waals surface area contributed by atoms with Crippen LogP contribution in [-0.2, 0) is 22.6 Å². The third kappa shape index (κ3) is 6.24. The minimum atomic E-state index is -0.948. The van der Waals surface area contributed by atoms with Crippen LogP contribution in [0.15, 0.2) is 42.5 Å². The Balaban J connectivity index is 1.22. The Morgan fingerprint density at radius 2 is 1.77 bits per heavy atom. The van der Waals surface area contributed by atoms with E-state index in [-0.39, 0.29) is 17.7 Å². The maximum absolute atomic E-state index is 13.6. The van der Waals surface area contributed by atoms with Crippen molar-refractivity contribution in [2.45, 2.75) is 65.0 Å². The van der Waals surface area contributed by atoms with Gasteiger partial charge in [0.15, 0.2) is 5.60 Å². The van der Waals surface area contributed by atoms with Gasteiger partial charge in [-0.05, 0) is 67.9 Å². The van der Waals surface area contributed by atoms with Gasteiger partial charge in [-0.15, -0.1) is 0 Å². The van der Waals surface area contributed by atoms with Crippen LogP contribution < -0.4 is 15.0 Å². The number of piperidine rings is 1. The first-order valence-electron chi connectivity index (χ1n) is 14.7. The lowest BCUT2D eigenvalue weighted by Crippen LogP contribution is -2.54. The Hall–Kier alpha value is -3.06. The maximum atomic E-state index is 13.6. The van der Waals surface area contributed by atoms with Gasteiger partial charge < -0.3 is 24.8 Å². The second-order valence-electron chi connectivity index (χ2n) is 12.1. The second-order valence-corrected chi connectivity index (χ2v) is 12.1. The van der Waals surface area contributed by atoms with Gasteiger partial charge in [0.1, 0.15) is 5.75 Å². The normalized spacial score (nSPS) is 20.1. The van der Waals surface area contributed by atoms with Gasteiger partial charge in [-0.1, -0.05) is 38.1 Å². The third-order valence-electron chi connectivity index (χ3n) is 8.47. The predicted molar refractivity (Wildman–Crippen MR) is 155 cm³/mol. The highest BCUT2D eigenvalue weighted by molar-refractivity contribution is 5.85. The summed E-state index contributed by atoms with van der Waals surface area (Å²) < 4.78 is 6.26. The van der Waals surface area contributed by atoms with E-state index < -0.39 is 5.60 Å². The summed E-state index contributed by atoms with van der Waals surface area (Å²) >= 11 is 0. The molecule has 0 aliphatic carbocycles. The summed E-state index contributed by atoms with van der Waals surface area (Å²) in [6, 6.07) is 14.8. The molecule has 2 aromatic carbocycles. The number of nitrogens with zero attached hydrogens (tertiary/aromatic N) is 3. The van der Waals surface area contributed by atoms with E-state index in [2.05, 4.69) is 53.2 Å². The molecule has 0 bridgehead atoms. The van der Waals surface area contributed by atoms with Crippen LogP contribution in [0.25, 0.3) is 0 Å². The number of ether oxygens (including phenoxy) is 1. The van der Waals surface area contributed by atoms with E-state index in [9.17, 15) is 9.59 Å². The monoisotopic (exact) mass is 532 g/mol. The molecule has 2 saturated heterocycles. The van der Waals surface area contributed by atoms with Gasteiger partial charge in [0, 0.05) is 64.1 Å². The number of carbonyl (C=O) groups excluding carboxylic acids is 2. The SMILES string of the molecule is CC(C)c1ccc2c(c1)CCN(C(=O)[C@@H]1CCCN(c3cccc(OC(C)(C)C(=O)N4CCNCC4)c3)C1)C2. The minimum absolute atomic E-state index is 0.00876. The molecule has 2 aromatic rings. The number of carbonyl (C=O) groups is 2. The lowest BCUT2D eigenvalue weighted by molar-refractivity contribution is -0.146. The highest BCUT2D eigenvalue weighted by atomic mass is 16.5. The number of anilines is 1. The first kappa shape index (κ1) is 27.5. The van der Waals surface area contributed by atoms with E-state index in [4.69, 9.17) is 4.74 Å². The summed E-state index contributed by atoms with van der Waals surface area (Å²) in [5.41, 5.74) is 4.15. The molecule has 0 radical (unpaired) electrons. The summed E-state index contributed by atoms with van der Waals surface area (Å²) in [7, 11) is 0. The van der Waals surface area contributed by atoms with Crippen molar-refractivity contribution in [2.24, 2.45) is 5.92 Å². The fourth-order valence-electron chi connectivity index (χ4n) is 6.12. The van der Waals surface area contributed by atoms with Crippen molar-refractivity contribution in [3.05, 3.63) is 59.2 Å². The summed E-state index contributed by atoms with van der Waals surface area (Å²) in [5, 5.41) is 3.29. The Labute approximate surface area is 233 Å². The standard InChI is InChI=1S/C32H44N4O3/c1-23(2)24-10-11-26-21-36(16-12-25(26)19-24)30(37)27-7-6-15-35(22-27)28-8-5-9-29(20-28)39-32(3,4)31(38)34-17-13-33-14-18-34/h5,8-11,19-20,23,27,33H,6-7,12-18,21-22H2,1-4H3/t27-/m1/s1. The maximum Gasteiger partial charge on any atom is 0.266 e. The number of fused-ring (bicyclic) bond motifs is 1. The highest BCUT2D eigenvalue weighted by Gasteiger charge is 2.35. The Kier molecular flexibility index (Phi) is 8.17. The van der Waals surface area contributed by atoms with Crippen molar-refractivity contribution in [2.75, 3.05) is 50.7 Å². The zero-order chi connectivity index (χ0) is 27.6. The van der Waals surface area contributed by atoms with Crippen LogP contribution in [0.4, 0.5) is 5.69 Å². The predicted octanol–water partition coefficient (Wildman–Crippen LogP) is 4.20. The van der Waals surface area contributed by atoms with Crippen molar-refractivity contribution >= 4 is 17.5 Å². The molecule has 5 rings (SSSR count). The topological polar surface area (TPSA) is 65.1 Å². The van der Waals surface area contributed by atoms with E-state index in [1.165, 1.54) is 16.7 Å². The number of hydrogen-bond donors (Lipinski definition) is 1. The van der Waals surface area contributed by atoms with Crippen LogP contribution in [0.2, 0.25) is 0 Å². The summed E-state index contributed by atoms with van der Waals surface area (Å²) in [6.45, 7) is 14.3. The molecule has 3 heterocycles. The molecule has 0 unspecified atom stereocenters. The van der Waals surface area contributed by atoms with Crippen molar-refractivity contribution in [3.8, 4) is 5.75 Å². The van der Waals surface area contributed by atoms with Gasteiger partial charge in [0.25, 0.3) is 5.91 Å². The van der Waals surface area contributed by atoms with E-state index >= 15 is 0 Å². The van der Waals surface area contributed by atoms with Crippen molar-refractivity contribution in [3.63, 3.8) is 0 Å². The minimum Gasteiger partial charge on any atom is -0.478 e. The molecule has 0 spiro atoms. The number of rotatable bonds is 6. The van der Waals surface area contributed by atoms with Crippen molar-refractivity contribution < 1.29 is 14.3 Å². The fraction of sp³-hybridized carbons (Fsp3) is 0.562. The van der Waals surface area contributed by atoms with Crippen LogP contribution in [-0.4, -0.2) is 73.0 Å². The van der Waals surface area contributed by atoms with Gasteiger partial charge in [-0.3, -0.25) is 9.59 Å². The molecular formula is C32H44N4O3. The molecule has 3 aliphatic heterocycles. The summed E-state index contributed by atoms with van der Waals surface area (Å²) in [6.07, 6.45) is 2.84. The lowest BCUT2D eigenvalue weighted by atomic mass is 9.91. The Bertz CT molecular complexity index is 1190. The first-order chi connectivity index (χ1) is 18.7. The van der Waals surface area contributed by atoms with Crippen LogP contribution in [0, 0.1) is 5.92 Å². The molecule has 2 amide bonds. The molecular weight excluding hydrogens is 488 g/mol. The fourth-order valence-corrected chi connectivity index (χ4v) is 6.12. The number of hydrogen-bond acceptors (Lipinski definition) is 5. The number of piperazine rings is 1. The molecule has 1 atom stereocenters. The van der Waals surface area contributed by atoms with E-state index in [1.807, 2.05) is 36.9 Å². The molecule has 39 heavy (non-hydrogen) atoms. The first-order valence-corrected chi connectivity index (χ1v) is 14.7. The van der Waals surface area contributed by atoms with Crippen molar-refractivity contribution in [1.82, 2.24) is 15.1 Å². The summed E-state index contributed by atoms with van der Waals surface area (Å²) in [5.74, 6) is 1.48. The van der Waals surface area contributed by atoms with Crippen LogP contribution in [0.5, 0.6) is 5.75 Å². The molecule has 1 N–H and O–H groups in total. The van der Waals surface area contributed by atoms with E-state index in [0.29, 0.717) is 37.8 Å². The highest BCUT2D eigenvalue weighted by Crippen LogP contribution is 2.31. The zero-order valence-electron chi connectivity index (χ0n) is 24.0. The average Bonchev–Trinajstić information content (AvgIpc) is 2.96. The van der Waals surface area contributed by atoms with E-state index in [1.54, 1.807) is 0 Å². The largest absolute Gasteiger partial charge is 0.478 e. The lowest BCUT2D eigenvalue weighted by Gasteiger charge is -2.38. The van der Waals surface area contributed by atoms with Gasteiger partial charge in [0.05, 0.1) is 5.92 Å². The number of benzene rings is 2. The molecule has 7 heteroatoms. The smallest absolute Gasteiger partial charge is 0.266 e. The van der Waals surface area contributed by atoms with Crippen LogP contribution in [0.3, 0.4) is 0 Å². The number of amides is 2. The molecule has 210 valence electrons. The second kappa shape index (κ2) is 11.6. The molecule has 3 aliphatic rings.